The minimum absolute atomic E-state index is 0.258. The molecular formula is C32H24IN3O4S. The molecule has 0 bridgehead atoms. The fourth-order valence-electron chi connectivity index (χ4n) is 4.79. The monoisotopic (exact) mass is 673 g/mol. The summed E-state index contributed by atoms with van der Waals surface area (Å²) in [6.45, 7) is 1.80. The molecule has 1 aliphatic rings. The van der Waals surface area contributed by atoms with Gasteiger partial charge in [-0.3, -0.25) is 14.2 Å². The van der Waals surface area contributed by atoms with E-state index >= 15 is 0 Å². The SMILES string of the molecule is COc1cccc([C@@H]2C(C(=O)Nc3ccccc3)=C(C)N=c3s/c(=C\c4ccc(-c5ccc(I)cc5)o4)c(=O)n32)c1. The number of ether oxygens (including phenoxy) is 1. The van der Waals surface area contributed by atoms with Crippen LogP contribution in [0.3, 0.4) is 0 Å². The van der Waals surface area contributed by atoms with E-state index in [1.54, 1.807) is 24.7 Å². The molecule has 9 heteroatoms. The van der Waals surface area contributed by atoms with Crippen molar-refractivity contribution in [2.45, 2.75) is 13.0 Å². The van der Waals surface area contributed by atoms with Gasteiger partial charge in [0.05, 0.1) is 29.0 Å². The van der Waals surface area contributed by atoms with E-state index in [2.05, 4.69) is 27.9 Å². The van der Waals surface area contributed by atoms with Gasteiger partial charge in [-0.25, -0.2) is 4.99 Å². The Balaban J connectivity index is 1.46. The molecule has 0 unspecified atom stereocenters. The largest absolute Gasteiger partial charge is 0.497 e. The van der Waals surface area contributed by atoms with E-state index in [1.165, 1.54) is 11.3 Å². The number of para-hydroxylation sites is 1. The van der Waals surface area contributed by atoms with Gasteiger partial charge in [-0.05, 0) is 83.6 Å². The van der Waals surface area contributed by atoms with Crippen LogP contribution in [-0.2, 0) is 4.79 Å². The van der Waals surface area contributed by atoms with Crippen molar-refractivity contribution in [3.05, 3.63) is 137 Å². The molecule has 1 atom stereocenters. The highest BCUT2D eigenvalue weighted by molar-refractivity contribution is 14.1. The Morgan fingerprint density at radius 1 is 1.05 bits per heavy atom. The normalized spacial score (nSPS) is 14.9. The molecule has 0 radical (unpaired) electrons. The lowest BCUT2D eigenvalue weighted by Gasteiger charge is -2.25. The summed E-state index contributed by atoms with van der Waals surface area (Å²) >= 11 is 3.53. The van der Waals surface area contributed by atoms with Crippen molar-refractivity contribution >= 4 is 51.6 Å². The molecule has 0 saturated carbocycles. The zero-order chi connectivity index (χ0) is 28.5. The van der Waals surface area contributed by atoms with Crippen LogP contribution in [0.2, 0.25) is 0 Å². The second kappa shape index (κ2) is 11.3. The van der Waals surface area contributed by atoms with E-state index in [1.807, 2.05) is 91.0 Å². The highest BCUT2D eigenvalue weighted by atomic mass is 127. The summed E-state index contributed by atoms with van der Waals surface area (Å²) in [5.74, 6) is 1.57. The third-order valence-electron chi connectivity index (χ3n) is 6.74. The maximum Gasteiger partial charge on any atom is 0.271 e. The van der Waals surface area contributed by atoms with E-state index in [0.717, 1.165) is 14.7 Å². The topological polar surface area (TPSA) is 85.8 Å². The molecule has 2 aromatic heterocycles. The summed E-state index contributed by atoms with van der Waals surface area (Å²) in [5.41, 5.74) is 3.02. The predicted molar refractivity (Wildman–Crippen MR) is 169 cm³/mol. The van der Waals surface area contributed by atoms with Crippen LogP contribution in [-0.4, -0.2) is 17.6 Å². The molecule has 0 aliphatic carbocycles. The third kappa shape index (κ3) is 5.42. The number of rotatable bonds is 6. The first-order valence-electron chi connectivity index (χ1n) is 12.8. The highest BCUT2D eigenvalue weighted by Crippen LogP contribution is 2.32. The summed E-state index contributed by atoms with van der Waals surface area (Å²) in [4.78, 5) is 32.9. The van der Waals surface area contributed by atoms with Crippen LogP contribution in [0.25, 0.3) is 17.4 Å². The maximum atomic E-state index is 14.0. The average molecular weight is 674 g/mol. The molecule has 1 N–H and O–H groups in total. The molecule has 3 heterocycles. The summed E-state index contributed by atoms with van der Waals surface area (Å²) < 4.78 is 14.7. The van der Waals surface area contributed by atoms with Gasteiger partial charge in [0.15, 0.2) is 4.80 Å². The fraction of sp³-hybridized carbons (Fsp3) is 0.0938. The second-order valence-corrected chi connectivity index (χ2v) is 11.6. The number of aromatic nitrogens is 1. The van der Waals surface area contributed by atoms with Crippen LogP contribution in [0.1, 0.15) is 24.3 Å². The standard InChI is InChI=1S/C32H24IN3O4S/c1-19-28(30(37)35-23-8-4-3-5-9-23)29(21-7-6-10-24(17-21)39-2)36-31(38)27(41-32(36)34-19)18-25-15-16-26(40-25)20-11-13-22(33)14-12-20/h3-18,29H,1-2H3,(H,35,37)/b27-18-/t29-/m1/s1. The van der Waals surface area contributed by atoms with Gasteiger partial charge in [0, 0.05) is 20.9 Å². The van der Waals surface area contributed by atoms with E-state index in [4.69, 9.17) is 14.1 Å². The van der Waals surface area contributed by atoms with Crippen molar-refractivity contribution in [3.8, 4) is 17.1 Å². The zero-order valence-corrected chi connectivity index (χ0v) is 25.1. The predicted octanol–water partition coefficient (Wildman–Crippen LogP) is 5.75. The molecule has 204 valence electrons. The van der Waals surface area contributed by atoms with Crippen LogP contribution >= 0.6 is 33.9 Å². The van der Waals surface area contributed by atoms with Gasteiger partial charge in [0.2, 0.25) is 0 Å². The van der Waals surface area contributed by atoms with Crippen molar-refractivity contribution < 1.29 is 13.9 Å². The maximum absolute atomic E-state index is 14.0. The first-order chi connectivity index (χ1) is 19.9. The van der Waals surface area contributed by atoms with Crippen LogP contribution < -0.4 is 24.9 Å². The molecule has 0 fully saturated rings. The van der Waals surface area contributed by atoms with Gasteiger partial charge in [-0.15, -0.1) is 0 Å². The molecule has 6 rings (SSSR count). The van der Waals surface area contributed by atoms with Crippen molar-refractivity contribution in [1.29, 1.82) is 0 Å². The Morgan fingerprint density at radius 3 is 2.59 bits per heavy atom. The number of carbonyl (C=O) groups excluding carboxylic acids is 1. The van der Waals surface area contributed by atoms with E-state index in [0.29, 0.717) is 43.6 Å². The van der Waals surface area contributed by atoms with Crippen molar-refractivity contribution in [1.82, 2.24) is 4.57 Å². The van der Waals surface area contributed by atoms with E-state index in [-0.39, 0.29) is 11.5 Å². The lowest BCUT2D eigenvalue weighted by molar-refractivity contribution is -0.113. The average Bonchev–Trinajstić information content (AvgIpc) is 3.57. The Morgan fingerprint density at radius 2 is 1.83 bits per heavy atom. The van der Waals surface area contributed by atoms with Gasteiger partial charge < -0.3 is 14.5 Å². The minimum atomic E-state index is -0.703. The summed E-state index contributed by atoms with van der Waals surface area (Å²) in [5, 5.41) is 2.97. The van der Waals surface area contributed by atoms with Crippen molar-refractivity contribution in [2.75, 3.05) is 12.4 Å². The number of anilines is 1. The van der Waals surface area contributed by atoms with Gasteiger partial charge >= 0.3 is 0 Å². The molecule has 3 aromatic carbocycles. The first-order valence-corrected chi connectivity index (χ1v) is 14.7. The lowest BCUT2D eigenvalue weighted by Crippen LogP contribution is -2.40. The number of nitrogens with zero attached hydrogens (tertiary/aromatic N) is 2. The van der Waals surface area contributed by atoms with Crippen LogP contribution in [0.15, 0.2) is 116 Å². The Hall–Kier alpha value is -4.22. The molecule has 41 heavy (non-hydrogen) atoms. The zero-order valence-electron chi connectivity index (χ0n) is 22.1. The minimum Gasteiger partial charge on any atom is -0.497 e. The number of hydrogen-bond donors (Lipinski definition) is 1. The van der Waals surface area contributed by atoms with E-state index in [9.17, 15) is 9.59 Å². The quantitative estimate of drug-likeness (QED) is 0.233. The molecule has 0 saturated heterocycles. The summed E-state index contributed by atoms with van der Waals surface area (Å²) in [6.07, 6.45) is 1.73. The number of allylic oxidation sites excluding steroid dienone is 1. The highest BCUT2D eigenvalue weighted by Gasteiger charge is 2.32. The Bertz CT molecular complexity index is 1970. The molecule has 0 spiro atoms. The smallest absolute Gasteiger partial charge is 0.271 e. The molecule has 5 aromatic rings. The Labute approximate surface area is 253 Å². The van der Waals surface area contributed by atoms with Gasteiger partial charge in [-0.1, -0.05) is 53.8 Å². The number of methoxy groups -OCH3 is 1. The van der Waals surface area contributed by atoms with E-state index < -0.39 is 6.04 Å². The number of nitrogens with one attached hydrogen (secondary N) is 1. The number of hydrogen-bond acceptors (Lipinski definition) is 6. The molecular weight excluding hydrogens is 649 g/mol. The van der Waals surface area contributed by atoms with Crippen LogP contribution in [0.5, 0.6) is 5.75 Å². The molecule has 1 amide bonds. The van der Waals surface area contributed by atoms with Gasteiger partial charge in [-0.2, -0.15) is 0 Å². The summed E-state index contributed by atoms with van der Waals surface area (Å²) in [6, 6.07) is 27.7. The third-order valence-corrected chi connectivity index (χ3v) is 8.44. The van der Waals surface area contributed by atoms with Gasteiger partial charge in [0.25, 0.3) is 11.5 Å². The first kappa shape index (κ1) is 27.0. The number of fused-ring (bicyclic) bond motifs is 1. The molecule has 1 aliphatic heterocycles. The number of carbonyl (C=O) groups is 1. The number of halogens is 1. The van der Waals surface area contributed by atoms with Gasteiger partial charge in [0.1, 0.15) is 17.3 Å². The van der Waals surface area contributed by atoms with Crippen molar-refractivity contribution in [2.24, 2.45) is 4.99 Å². The van der Waals surface area contributed by atoms with Crippen molar-refractivity contribution in [3.63, 3.8) is 0 Å². The van der Waals surface area contributed by atoms with Crippen LogP contribution in [0.4, 0.5) is 5.69 Å². The Kier molecular flexibility index (Phi) is 7.46. The van der Waals surface area contributed by atoms with Crippen LogP contribution in [0, 0.1) is 3.57 Å². The lowest BCUT2D eigenvalue weighted by atomic mass is 9.95. The number of furan rings is 1. The summed E-state index contributed by atoms with van der Waals surface area (Å²) in [7, 11) is 1.59. The fourth-order valence-corrected chi connectivity index (χ4v) is 6.17. The number of amides is 1. The number of thiazole rings is 1. The second-order valence-electron chi connectivity index (χ2n) is 9.39. The number of benzene rings is 3. The molecule has 7 nitrogen and oxygen atoms in total.